The number of carbonyl (C=O) groups is 1. The third-order valence-electron chi connectivity index (χ3n) is 6.33. The van der Waals surface area contributed by atoms with E-state index in [1.807, 2.05) is 13.0 Å². The highest BCUT2D eigenvalue weighted by atomic mass is 35.5. The van der Waals surface area contributed by atoms with Crippen LogP contribution in [-0.2, 0) is 4.79 Å². The lowest BCUT2D eigenvalue weighted by Gasteiger charge is -2.43. The Kier molecular flexibility index (Phi) is 2.78. The number of halogens is 1. The van der Waals surface area contributed by atoms with Crippen molar-refractivity contribution < 1.29 is 9.55 Å². The summed E-state index contributed by atoms with van der Waals surface area (Å²) >= 11 is 6.24. The number of allylic oxidation sites excluding steroid dienone is 3. The molecule has 3 unspecified atom stereocenters. The minimum Gasteiger partial charge on any atom is -0.374 e. The summed E-state index contributed by atoms with van der Waals surface area (Å²) in [7, 11) is 2.12. The number of hydrogen-bond acceptors (Lipinski definition) is 3. The Balaban J connectivity index is 2.07. The molecule has 4 rings (SSSR count). The summed E-state index contributed by atoms with van der Waals surface area (Å²) in [6.07, 6.45) is 4.69. The number of nitrogens with zero attached hydrogens (tertiary/aromatic N) is 2. The minimum absolute atomic E-state index is 0.0391. The molecule has 4 nitrogen and oxygen atoms in total. The van der Waals surface area contributed by atoms with Gasteiger partial charge in [0.2, 0.25) is 6.54 Å². The van der Waals surface area contributed by atoms with Crippen LogP contribution in [-0.4, -0.2) is 35.2 Å². The first-order valence-corrected chi connectivity index (χ1v) is 8.27. The van der Waals surface area contributed by atoms with Crippen molar-refractivity contribution in [3.8, 4) is 0 Å². The van der Waals surface area contributed by atoms with Crippen molar-refractivity contribution in [1.82, 2.24) is 4.90 Å². The molecule has 5 heteroatoms. The molecule has 0 radical (unpaired) electrons. The van der Waals surface area contributed by atoms with Gasteiger partial charge in [0.15, 0.2) is 0 Å². The first-order valence-electron chi connectivity index (χ1n) is 7.89. The number of fused-ring (bicyclic) bond motifs is 1. The molecule has 0 N–H and O–H groups in total. The highest BCUT2D eigenvalue weighted by Gasteiger charge is 2.59. The van der Waals surface area contributed by atoms with E-state index in [1.54, 1.807) is 0 Å². The first kappa shape index (κ1) is 14.2. The molecule has 5 bridgehead atoms. The summed E-state index contributed by atoms with van der Waals surface area (Å²) in [5.74, 6) is -0.226. The predicted molar refractivity (Wildman–Crippen MR) is 84.2 cm³/mol. The van der Waals surface area contributed by atoms with Gasteiger partial charge in [-0.25, -0.2) is 4.79 Å². The van der Waals surface area contributed by atoms with E-state index in [-0.39, 0.29) is 24.4 Å². The molecular weight excluding hydrogens is 300 g/mol. The van der Waals surface area contributed by atoms with Gasteiger partial charge in [0, 0.05) is 23.7 Å². The molecule has 3 atom stereocenters. The number of amides is 1. The minimum atomic E-state index is -0.724. The van der Waals surface area contributed by atoms with Gasteiger partial charge < -0.3 is 4.90 Å². The fourth-order valence-electron chi connectivity index (χ4n) is 4.91. The van der Waals surface area contributed by atoms with Crippen LogP contribution < -0.4 is 0 Å². The Morgan fingerprint density at radius 2 is 2.14 bits per heavy atom. The van der Waals surface area contributed by atoms with E-state index in [0.29, 0.717) is 9.79 Å². The first-order chi connectivity index (χ1) is 10.4. The van der Waals surface area contributed by atoms with Crippen molar-refractivity contribution in [2.24, 2.45) is 11.3 Å². The van der Waals surface area contributed by atoms with E-state index in [2.05, 4.69) is 18.9 Å². The molecule has 0 aromatic rings. The average molecular weight is 320 g/mol. The monoisotopic (exact) mass is 319 g/mol. The Hall–Kier alpha value is -1.42. The third kappa shape index (κ3) is 1.51. The predicted octanol–water partition coefficient (Wildman–Crippen LogP) is 3.13. The van der Waals surface area contributed by atoms with Crippen LogP contribution in [0.15, 0.2) is 33.5 Å². The van der Waals surface area contributed by atoms with Gasteiger partial charge in [-0.15, -0.1) is 0 Å². The lowest BCUT2D eigenvalue weighted by molar-refractivity contribution is -0.468. The summed E-state index contributed by atoms with van der Waals surface area (Å²) in [5.41, 5.74) is 4.27. The van der Waals surface area contributed by atoms with Crippen molar-refractivity contribution in [3.63, 3.8) is 0 Å². The van der Waals surface area contributed by atoms with Crippen LogP contribution in [0.2, 0.25) is 0 Å². The zero-order valence-electron chi connectivity index (χ0n) is 13.1. The van der Waals surface area contributed by atoms with Crippen LogP contribution in [0.25, 0.3) is 0 Å². The van der Waals surface area contributed by atoms with Crippen LogP contribution in [0, 0.1) is 16.2 Å². The van der Waals surface area contributed by atoms with Crippen molar-refractivity contribution in [2.45, 2.75) is 39.2 Å². The molecule has 116 valence electrons. The van der Waals surface area contributed by atoms with Gasteiger partial charge in [-0.05, 0) is 54.9 Å². The van der Waals surface area contributed by atoms with Crippen molar-refractivity contribution in [3.05, 3.63) is 38.4 Å². The van der Waals surface area contributed by atoms with E-state index >= 15 is 0 Å². The fraction of sp³-hybridized carbons (Fsp3) is 0.588. The molecule has 2 aliphatic carbocycles. The smallest absolute Gasteiger partial charge is 0.374 e. The summed E-state index contributed by atoms with van der Waals surface area (Å²) in [6.45, 7) is 4.05. The van der Waals surface area contributed by atoms with Gasteiger partial charge in [-0.3, -0.25) is 0 Å². The lowest BCUT2D eigenvalue weighted by Crippen LogP contribution is -2.50. The molecule has 0 aromatic carbocycles. The van der Waals surface area contributed by atoms with E-state index in [4.69, 9.17) is 11.6 Å². The molecule has 1 amide bonds. The second kappa shape index (κ2) is 4.31. The van der Waals surface area contributed by atoms with Crippen LogP contribution in [0.1, 0.15) is 33.1 Å². The van der Waals surface area contributed by atoms with Gasteiger partial charge in [-0.2, -0.15) is 0 Å². The number of likely N-dealkylation sites (tertiary alicyclic amines) is 1. The quantitative estimate of drug-likeness (QED) is 0.644. The van der Waals surface area contributed by atoms with Gasteiger partial charge >= 0.3 is 5.91 Å². The zero-order chi connectivity index (χ0) is 15.8. The summed E-state index contributed by atoms with van der Waals surface area (Å²) in [6, 6.07) is 0.283. The van der Waals surface area contributed by atoms with E-state index in [9.17, 15) is 9.70 Å². The molecule has 0 fully saturated rings. The average Bonchev–Trinajstić information content (AvgIpc) is 2.79. The molecule has 0 aromatic heterocycles. The maximum Gasteiger partial charge on any atom is 0.443 e. The second-order valence-corrected chi connectivity index (χ2v) is 7.61. The normalized spacial score (nSPS) is 37.5. The maximum atomic E-state index is 13.0. The highest BCUT2D eigenvalue weighted by molar-refractivity contribution is 6.30. The van der Waals surface area contributed by atoms with Crippen molar-refractivity contribution in [2.75, 3.05) is 13.6 Å². The molecule has 2 heterocycles. The van der Waals surface area contributed by atoms with Gasteiger partial charge in [0.05, 0.1) is 9.79 Å². The van der Waals surface area contributed by atoms with Gasteiger partial charge in [-0.1, -0.05) is 18.5 Å². The van der Waals surface area contributed by atoms with Crippen LogP contribution in [0.3, 0.4) is 0 Å². The largest absolute Gasteiger partial charge is 0.443 e. The van der Waals surface area contributed by atoms with Gasteiger partial charge in [0.25, 0.3) is 0 Å². The Morgan fingerprint density at radius 3 is 2.86 bits per heavy atom. The second-order valence-electron chi connectivity index (χ2n) is 7.12. The number of nitroso groups, excluding NO2 is 1. The molecule has 0 saturated heterocycles. The number of rotatable bonds is 0. The zero-order valence-corrected chi connectivity index (χ0v) is 13.9. The molecule has 4 aliphatic rings. The van der Waals surface area contributed by atoms with Crippen LogP contribution in [0.4, 0.5) is 0 Å². The molecule has 0 spiro atoms. The molecule has 22 heavy (non-hydrogen) atoms. The fourth-order valence-corrected chi connectivity index (χ4v) is 5.13. The maximum absolute atomic E-state index is 13.0. The summed E-state index contributed by atoms with van der Waals surface area (Å²) in [5, 5.41) is 0.451. The SMILES string of the molecule is CC1C2CC3=C(CCC4=C3C=C(Cl)C[N+](=O)C(=O)C41C)N2C. The Labute approximate surface area is 135 Å². The Morgan fingerprint density at radius 1 is 1.41 bits per heavy atom. The van der Waals surface area contributed by atoms with E-state index in [1.165, 1.54) is 11.3 Å². The lowest BCUT2D eigenvalue weighted by atomic mass is 9.65. The highest BCUT2D eigenvalue weighted by Crippen LogP contribution is 2.57. The van der Waals surface area contributed by atoms with Gasteiger partial charge in [0.1, 0.15) is 5.41 Å². The number of hydrogen-bond donors (Lipinski definition) is 0. The third-order valence-corrected chi connectivity index (χ3v) is 6.56. The Bertz CT molecular complexity index is 718. The number of carbonyl (C=O) groups excluding carboxylic acids is 1. The van der Waals surface area contributed by atoms with Crippen LogP contribution in [0.5, 0.6) is 0 Å². The van der Waals surface area contributed by atoms with E-state index in [0.717, 1.165) is 30.4 Å². The summed E-state index contributed by atoms with van der Waals surface area (Å²) in [4.78, 5) is 27.6. The molecule has 2 aliphatic heterocycles. The topological polar surface area (TPSA) is 40.4 Å². The van der Waals surface area contributed by atoms with Crippen LogP contribution >= 0.6 is 11.6 Å². The summed E-state index contributed by atoms with van der Waals surface area (Å²) < 4.78 is 0.558. The van der Waals surface area contributed by atoms with Crippen molar-refractivity contribution in [1.29, 1.82) is 0 Å². The molecular formula is C17H20ClN2O2+. The van der Waals surface area contributed by atoms with E-state index < -0.39 is 5.41 Å². The standard InChI is InChI=1S/C17H20ClN2O2/c1-9-15-7-12-11-6-10(18)8-20(22)16(21)17(9,2)13(11)4-5-14(12)19(15)3/h6,9,15H,4-5,7-8H2,1-3H3/q+1. The molecule has 0 saturated carbocycles. The van der Waals surface area contributed by atoms with Crippen molar-refractivity contribution >= 4 is 17.5 Å².